The van der Waals surface area contributed by atoms with Crippen LogP contribution in [0, 0.1) is 6.92 Å². The highest BCUT2D eigenvalue weighted by atomic mass is 32.2. The molecule has 1 aliphatic carbocycles. The summed E-state index contributed by atoms with van der Waals surface area (Å²) in [4.78, 5) is 4.46. The molecule has 16 heavy (non-hydrogen) atoms. The third-order valence-corrected chi connectivity index (χ3v) is 4.17. The Balaban J connectivity index is 1.80. The third kappa shape index (κ3) is 1.84. The minimum Gasteiger partial charge on any atom is -0.358 e. The first-order valence-electron chi connectivity index (χ1n) is 5.86. The first kappa shape index (κ1) is 10.2. The summed E-state index contributed by atoms with van der Waals surface area (Å²) in [7, 11) is 0. The Morgan fingerprint density at radius 2 is 2.38 bits per heavy atom. The van der Waals surface area contributed by atoms with Crippen molar-refractivity contribution in [2.45, 2.75) is 25.8 Å². The lowest BCUT2D eigenvalue weighted by Gasteiger charge is -2.14. The van der Waals surface area contributed by atoms with Crippen LogP contribution in [0.2, 0.25) is 0 Å². The van der Waals surface area contributed by atoms with Crippen molar-refractivity contribution in [2.24, 2.45) is 4.99 Å². The van der Waals surface area contributed by atoms with Gasteiger partial charge >= 0.3 is 0 Å². The van der Waals surface area contributed by atoms with Crippen molar-refractivity contribution in [3.8, 4) is 0 Å². The van der Waals surface area contributed by atoms with Crippen LogP contribution in [0.1, 0.15) is 29.2 Å². The van der Waals surface area contributed by atoms with Gasteiger partial charge in [0.15, 0.2) is 5.17 Å². The summed E-state index contributed by atoms with van der Waals surface area (Å²) in [5.41, 5.74) is 4.36. The van der Waals surface area contributed by atoms with Gasteiger partial charge in [-0.15, -0.1) is 0 Å². The Kier molecular flexibility index (Phi) is 2.64. The molecule has 0 saturated heterocycles. The van der Waals surface area contributed by atoms with E-state index in [2.05, 4.69) is 35.4 Å². The van der Waals surface area contributed by atoms with Crippen LogP contribution in [0.3, 0.4) is 0 Å². The zero-order chi connectivity index (χ0) is 11.0. The summed E-state index contributed by atoms with van der Waals surface area (Å²) in [6.45, 7) is 3.14. The van der Waals surface area contributed by atoms with E-state index in [0.29, 0.717) is 6.04 Å². The predicted molar refractivity (Wildman–Crippen MR) is 70.1 cm³/mol. The zero-order valence-corrected chi connectivity index (χ0v) is 10.3. The Labute approximate surface area is 101 Å². The van der Waals surface area contributed by atoms with E-state index in [1.807, 2.05) is 11.8 Å². The van der Waals surface area contributed by atoms with Gasteiger partial charge < -0.3 is 5.32 Å². The fraction of sp³-hybridized carbons (Fsp3) is 0.462. The molecule has 3 rings (SSSR count). The molecule has 0 fully saturated rings. The highest BCUT2D eigenvalue weighted by Gasteiger charge is 2.23. The average molecular weight is 232 g/mol. The highest BCUT2D eigenvalue weighted by molar-refractivity contribution is 8.14. The van der Waals surface area contributed by atoms with E-state index in [-0.39, 0.29) is 0 Å². The van der Waals surface area contributed by atoms with Crippen LogP contribution in [0.15, 0.2) is 23.2 Å². The molecule has 3 heteroatoms. The first-order valence-corrected chi connectivity index (χ1v) is 6.85. The Morgan fingerprint density at radius 3 is 3.19 bits per heavy atom. The van der Waals surface area contributed by atoms with Crippen molar-refractivity contribution < 1.29 is 0 Å². The molecule has 0 amide bonds. The number of aryl methyl sites for hydroxylation is 2. The van der Waals surface area contributed by atoms with E-state index in [1.165, 1.54) is 29.5 Å². The maximum atomic E-state index is 4.46. The van der Waals surface area contributed by atoms with Crippen molar-refractivity contribution in [3.05, 3.63) is 34.9 Å². The van der Waals surface area contributed by atoms with E-state index in [9.17, 15) is 0 Å². The van der Waals surface area contributed by atoms with E-state index < -0.39 is 0 Å². The number of amidine groups is 1. The minimum absolute atomic E-state index is 0.486. The van der Waals surface area contributed by atoms with E-state index >= 15 is 0 Å². The molecule has 0 bridgehead atoms. The molecule has 1 aromatic carbocycles. The molecule has 84 valence electrons. The number of nitrogens with zero attached hydrogens (tertiary/aromatic N) is 1. The predicted octanol–water partition coefficient (Wildman–Crippen LogP) is 2.67. The smallest absolute Gasteiger partial charge is 0.157 e. The topological polar surface area (TPSA) is 24.4 Å². The number of benzene rings is 1. The number of rotatable bonds is 1. The molecular formula is C13H16N2S. The van der Waals surface area contributed by atoms with Crippen molar-refractivity contribution in [2.75, 3.05) is 12.3 Å². The molecule has 0 radical (unpaired) electrons. The van der Waals surface area contributed by atoms with E-state index in [0.717, 1.165) is 17.5 Å². The summed E-state index contributed by atoms with van der Waals surface area (Å²) in [5, 5.41) is 4.70. The number of hydrogen-bond donors (Lipinski definition) is 1. The molecule has 1 unspecified atom stereocenters. The van der Waals surface area contributed by atoms with Crippen LogP contribution in [0.25, 0.3) is 0 Å². The lowest BCUT2D eigenvalue weighted by molar-refractivity contribution is 0.644. The maximum Gasteiger partial charge on any atom is 0.157 e. The number of nitrogens with one attached hydrogen (secondary N) is 1. The quantitative estimate of drug-likeness (QED) is 0.805. The van der Waals surface area contributed by atoms with Crippen molar-refractivity contribution in [1.82, 2.24) is 5.32 Å². The molecule has 1 aromatic rings. The van der Waals surface area contributed by atoms with Crippen LogP contribution in [-0.4, -0.2) is 17.5 Å². The Bertz CT molecular complexity index is 440. The summed E-state index contributed by atoms with van der Waals surface area (Å²) < 4.78 is 0. The summed E-state index contributed by atoms with van der Waals surface area (Å²) >= 11 is 1.85. The van der Waals surface area contributed by atoms with Crippen LogP contribution in [0.4, 0.5) is 0 Å². The first-order chi connectivity index (χ1) is 7.83. The van der Waals surface area contributed by atoms with Crippen molar-refractivity contribution >= 4 is 16.9 Å². The lowest BCUT2D eigenvalue weighted by atomic mass is 10.1. The van der Waals surface area contributed by atoms with Gasteiger partial charge in [0.2, 0.25) is 0 Å². The van der Waals surface area contributed by atoms with E-state index in [1.54, 1.807) is 0 Å². The monoisotopic (exact) mass is 232 g/mol. The molecule has 0 aromatic heterocycles. The van der Waals surface area contributed by atoms with Gasteiger partial charge in [0.05, 0.1) is 12.6 Å². The molecule has 1 atom stereocenters. The fourth-order valence-electron chi connectivity index (χ4n) is 2.47. The normalized spacial score (nSPS) is 23.1. The third-order valence-electron chi connectivity index (χ3n) is 3.26. The second kappa shape index (κ2) is 4.13. The highest BCUT2D eigenvalue weighted by Crippen LogP contribution is 2.32. The molecule has 2 nitrogen and oxygen atoms in total. The molecule has 1 aliphatic heterocycles. The average Bonchev–Trinajstić information content (AvgIpc) is 2.89. The number of hydrogen-bond acceptors (Lipinski definition) is 3. The summed E-state index contributed by atoms with van der Waals surface area (Å²) in [5.74, 6) is 1.13. The van der Waals surface area contributed by atoms with Crippen LogP contribution < -0.4 is 5.32 Å². The van der Waals surface area contributed by atoms with Gasteiger partial charge in [0.25, 0.3) is 0 Å². The summed E-state index contributed by atoms with van der Waals surface area (Å²) in [6, 6.07) is 7.29. The molecule has 1 heterocycles. The molecular weight excluding hydrogens is 216 g/mol. The van der Waals surface area contributed by atoms with Crippen molar-refractivity contribution in [3.63, 3.8) is 0 Å². The van der Waals surface area contributed by atoms with Crippen LogP contribution in [-0.2, 0) is 6.42 Å². The Hall–Kier alpha value is -0.960. The maximum absolute atomic E-state index is 4.46. The van der Waals surface area contributed by atoms with Gasteiger partial charge in [-0.2, -0.15) is 0 Å². The second-order valence-corrected chi connectivity index (χ2v) is 5.56. The molecule has 0 spiro atoms. The van der Waals surface area contributed by atoms with Gasteiger partial charge in [-0.05, 0) is 30.9 Å². The zero-order valence-electron chi connectivity index (χ0n) is 9.49. The van der Waals surface area contributed by atoms with Crippen molar-refractivity contribution in [1.29, 1.82) is 0 Å². The standard InChI is InChI=1S/C13H16N2S/c1-9-2-4-11-10(8-9)3-5-12(11)15-13-14-6-7-16-13/h2,4,8,12H,3,5-7H2,1H3,(H,14,15). The van der Waals surface area contributed by atoms with Gasteiger partial charge in [-0.3, -0.25) is 4.99 Å². The van der Waals surface area contributed by atoms with Gasteiger partial charge in [-0.25, -0.2) is 0 Å². The summed E-state index contributed by atoms with van der Waals surface area (Å²) in [6.07, 6.45) is 2.41. The number of fused-ring (bicyclic) bond motifs is 1. The SMILES string of the molecule is Cc1ccc2c(c1)CCC2NC1=NCCS1. The van der Waals surface area contributed by atoms with Gasteiger partial charge in [0, 0.05) is 5.75 Å². The van der Waals surface area contributed by atoms with E-state index in [4.69, 9.17) is 0 Å². The lowest BCUT2D eigenvalue weighted by Crippen LogP contribution is -2.23. The number of aliphatic imine (C=N–C) groups is 1. The second-order valence-electron chi connectivity index (χ2n) is 4.47. The van der Waals surface area contributed by atoms with Crippen LogP contribution in [0.5, 0.6) is 0 Å². The minimum atomic E-state index is 0.486. The van der Waals surface area contributed by atoms with Gasteiger partial charge in [-0.1, -0.05) is 35.5 Å². The Morgan fingerprint density at radius 1 is 1.44 bits per heavy atom. The van der Waals surface area contributed by atoms with Gasteiger partial charge in [0.1, 0.15) is 0 Å². The molecule has 0 saturated carbocycles. The number of thioether (sulfide) groups is 1. The van der Waals surface area contributed by atoms with Crippen LogP contribution >= 0.6 is 11.8 Å². The fourth-order valence-corrected chi connectivity index (χ4v) is 3.25. The molecule has 1 N–H and O–H groups in total. The largest absolute Gasteiger partial charge is 0.358 e. The molecule has 2 aliphatic rings.